The van der Waals surface area contributed by atoms with Crippen molar-refractivity contribution in [3.63, 3.8) is 0 Å². The van der Waals surface area contributed by atoms with Gasteiger partial charge in [-0.05, 0) is 65.7 Å². The average molecular weight is 757 g/mol. The average Bonchev–Trinajstić information content (AvgIpc) is 3.81. The lowest BCUT2D eigenvalue weighted by Crippen LogP contribution is -2.35. The quantitative estimate of drug-likeness (QED) is 0.159. The lowest BCUT2D eigenvalue weighted by molar-refractivity contribution is 0.402. The Balaban J connectivity index is 1.12. The van der Waals surface area contributed by atoms with E-state index in [0.717, 1.165) is 72.0 Å². The maximum Gasteiger partial charge on any atom is 0.164 e. The Morgan fingerprint density at radius 3 is 2.11 bits per heavy atom. The third-order valence-electron chi connectivity index (χ3n) is 11.4. The molecule has 0 saturated heterocycles. The minimum absolute atomic E-state index is 0.416. The smallest absolute Gasteiger partial charge is 0.164 e. The molecule has 4 heterocycles. The number of rotatable bonds is 6. The summed E-state index contributed by atoms with van der Waals surface area (Å²) in [6.07, 6.45) is 0.478. The monoisotopic (exact) mass is 756 g/mol. The second-order valence-electron chi connectivity index (χ2n) is 14.5. The highest BCUT2D eigenvalue weighted by molar-refractivity contribution is 8.00. The van der Waals surface area contributed by atoms with E-state index in [-0.39, 0.29) is 0 Å². The normalized spacial score (nSPS) is 13.8. The van der Waals surface area contributed by atoms with E-state index in [2.05, 4.69) is 124 Å². The predicted molar refractivity (Wildman–Crippen MR) is 232 cm³/mol. The van der Waals surface area contributed by atoms with Crippen LogP contribution >= 0.6 is 11.8 Å². The van der Waals surface area contributed by atoms with Gasteiger partial charge < -0.3 is 4.57 Å². The van der Waals surface area contributed by atoms with Crippen molar-refractivity contribution in [1.29, 1.82) is 0 Å². The van der Waals surface area contributed by atoms with Gasteiger partial charge in [-0.25, -0.2) is 14.4 Å². The summed E-state index contributed by atoms with van der Waals surface area (Å²) in [5.74, 6) is 0.805. The summed E-state index contributed by atoms with van der Waals surface area (Å²) >= 11 is 1.79. The van der Waals surface area contributed by atoms with Gasteiger partial charge in [0.05, 0.1) is 26.3 Å². The molecule has 0 bridgehead atoms. The van der Waals surface area contributed by atoms with Crippen LogP contribution < -0.4 is 4.48 Å². The molecular formula is C50H35FN5S+. The first kappa shape index (κ1) is 33.5. The molecule has 1 unspecified atom stereocenters. The van der Waals surface area contributed by atoms with Crippen molar-refractivity contribution < 1.29 is 4.39 Å². The largest absolute Gasteiger partial charge is 0.327 e. The summed E-state index contributed by atoms with van der Waals surface area (Å²) < 4.78 is 21.7. The number of pyridine rings is 1. The number of aromatic nitrogens is 4. The van der Waals surface area contributed by atoms with Crippen LogP contribution in [0.4, 0.5) is 27.1 Å². The maximum absolute atomic E-state index is 17.0. The summed E-state index contributed by atoms with van der Waals surface area (Å²) in [4.78, 5) is 12.2. The van der Waals surface area contributed by atoms with Gasteiger partial charge in [-0.1, -0.05) is 103 Å². The summed E-state index contributed by atoms with van der Waals surface area (Å²) in [6, 6.07) is 62.6. The van der Waals surface area contributed by atoms with Crippen LogP contribution in [0.25, 0.3) is 50.0 Å². The van der Waals surface area contributed by atoms with E-state index in [1.807, 2.05) is 80.0 Å². The van der Waals surface area contributed by atoms with Crippen molar-refractivity contribution in [3.8, 4) is 17.1 Å². The standard InChI is InChI=1S/C50H35FN5S/c1-54-42-25-9-8-24-41(42)53-49(54)35-17-12-15-33(31-35)46(51)34-16-13-18-36(32-34)55-47-39(40-23-14-30-52-50(40)55)28-29-44-48(47)57-45-27-11-10-26-43(45)56(44,37-19-4-2-5-20-37)38-21-6-3-7-22-38/h2-32,46H,1H3/q+1. The van der Waals surface area contributed by atoms with E-state index >= 15 is 4.39 Å². The molecule has 10 aromatic rings. The number of benzene rings is 7. The molecule has 1 aliphatic heterocycles. The van der Waals surface area contributed by atoms with Crippen molar-refractivity contribution in [3.05, 3.63) is 199 Å². The van der Waals surface area contributed by atoms with E-state index in [0.29, 0.717) is 15.6 Å². The van der Waals surface area contributed by atoms with Gasteiger partial charge in [-0.3, -0.25) is 4.57 Å². The Morgan fingerprint density at radius 2 is 1.32 bits per heavy atom. The molecule has 0 aliphatic carbocycles. The van der Waals surface area contributed by atoms with E-state index in [1.165, 1.54) is 10.6 Å². The van der Waals surface area contributed by atoms with Gasteiger partial charge in [0.15, 0.2) is 17.5 Å². The summed E-state index contributed by atoms with van der Waals surface area (Å²) in [7, 11) is 2.01. The highest BCUT2D eigenvalue weighted by Crippen LogP contribution is 2.63. The molecule has 0 radical (unpaired) electrons. The lowest BCUT2D eigenvalue weighted by Gasteiger charge is -2.41. The molecule has 7 aromatic carbocycles. The Hall–Kier alpha value is -6.80. The molecule has 0 fully saturated rings. The highest BCUT2D eigenvalue weighted by atomic mass is 32.2. The Bertz CT molecular complexity index is 3110. The first-order chi connectivity index (χ1) is 28.1. The van der Waals surface area contributed by atoms with Crippen molar-refractivity contribution >= 4 is 67.5 Å². The lowest BCUT2D eigenvalue weighted by atomic mass is 10.00. The van der Waals surface area contributed by atoms with Crippen LogP contribution in [0.5, 0.6) is 0 Å². The van der Waals surface area contributed by atoms with Crippen molar-refractivity contribution in [1.82, 2.24) is 23.6 Å². The fraction of sp³-hybridized carbons (Fsp3) is 0.0400. The Morgan fingerprint density at radius 1 is 0.614 bits per heavy atom. The fourth-order valence-electron chi connectivity index (χ4n) is 8.83. The van der Waals surface area contributed by atoms with Crippen LogP contribution in [-0.4, -0.2) is 19.1 Å². The number of fused-ring (bicyclic) bond motifs is 7. The van der Waals surface area contributed by atoms with E-state index in [4.69, 9.17) is 9.97 Å². The van der Waals surface area contributed by atoms with Crippen molar-refractivity contribution in [2.24, 2.45) is 7.05 Å². The molecule has 5 nitrogen and oxygen atoms in total. The molecule has 1 atom stereocenters. The van der Waals surface area contributed by atoms with Gasteiger partial charge in [-0.15, -0.1) is 0 Å². The molecule has 1 aliphatic rings. The number of hydrogen-bond donors (Lipinski definition) is 0. The minimum Gasteiger partial charge on any atom is -0.327 e. The zero-order chi connectivity index (χ0) is 38.1. The maximum atomic E-state index is 17.0. The zero-order valence-electron chi connectivity index (χ0n) is 31.0. The Labute approximate surface area is 333 Å². The number of alkyl halides is 1. The van der Waals surface area contributed by atoms with E-state index in [9.17, 15) is 0 Å². The van der Waals surface area contributed by atoms with Gasteiger partial charge in [0.1, 0.15) is 22.8 Å². The SMILES string of the molecule is Cn1c(-c2cccc(C(F)c3cccc(-n4c5ncccc5c5ccc6c(c54)Sc4ccccc4[N+]6(c4ccccc4)c4ccccc4)c3)c2)nc2ccccc21. The van der Waals surface area contributed by atoms with Gasteiger partial charge >= 0.3 is 0 Å². The van der Waals surface area contributed by atoms with Crippen molar-refractivity contribution in [2.75, 3.05) is 0 Å². The second-order valence-corrected chi connectivity index (χ2v) is 15.6. The van der Waals surface area contributed by atoms with Crippen LogP contribution in [0.15, 0.2) is 198 Å². The van der Waals surface area contributed by atoms with Crippen LogP contribution in [0.1, 0.15) is 17.3 Å². The molecule has 3 aromatic heterocycles. The molecule has 0 amide bonds. The fourth-order valence-corrected chi connectivity index (χ4v) is 10.1. The number of hydrogen-bond acceptors (Lipinski definition) is 3. The first-order valence-corrected chi connectivity index (χ1v) is 19.9. The van der Waals surface area contributed by atoms with Crippen molar-refractivity contribution in [2.45, 2.75) is 16.0 Å². The molecule has 7 heteroatoms. The number of para-hydroxylation sites is 5. The third-order valence-corrected chi connectivity index (χ3v) is 12.5. The predicted octanol–water partition coefficient (Wildman–Crippen LogP) is 13.6. The zero-order valence-corrected chi connectivity index (χ0v) is 31.8. The van der Waals surface area contributed by atoms with Gasteiger partial charge in [0.25, 0.3) is 0 Å². The molecule has 57 heavy (non-hydrogen) atoms. The molecular weight excluding hydrogens is 722 g/mol. The molecule has 11 rings (SSSR count). The van der Waals surface area contributed by atoms with E-state index in [1.54, 1.807) is 11.8 Å². The molecule has 0 spiro atoms. The molecule has 272 valence electrons. The van der Waals surface area contributed by atoms with E-state index < -0.39 is 6.17 Å². The molecule has 0 saturated carbocycles. The highest BCUT2D eigenvalue weighted by Gasteiger charge is 2.47. The Kier molecular flexibility index (Phi) is 7.74. The topological polar surface area (TPSA) is 35.6 Å². The van der Waals surface area contributed by atoms with Crippen LogP contribution in [0.2, 0.25) is 0 Å². The minimum atomic E-state index is -1.36. The van der Waals surface area contributed by atoms with Crippen LogP contribution in [-0.2, 0) is 7.05 Å². The van der Waals surface area contributed by atoms with Gasteiger partial charge in [-0.2, -0.15) is 4.48 Å². The van der Waals surface area contributed by atoms with Crippen LogP contribution in [0, 0.1) is 0 Å². The number of imidazole rings is 1. The number of halogens is 1. The summed E-state index contributed by atoms with van der Waals surface area (Å²) in [5, 5.41) is 2.14. The summed E-state index contributed by atoms with van der Waals surface area (Å²) in [6.45, 7) is 0. The second kappa shape index (κ2) is 13.2. The number of nitrogens with zero attached hydrogens (tertiary/aromatic N) is 5. The summed E-state index contributed by atoms with van der Waals surface area (Å²) in [5.41, 5.74) is 11.3. The molecule has 0 N–H and O–H groups in total. The van der Waals surface area contributed by atoms with Gasteiger partial charge in [0.2, 0.25) is 0 Å². The number of quaternary nitrogens is 1. The van der Waals surface area contributed by atoms with Gasteiger partial charge in [0, 0.05) is 71.7 Å². The third kappa shape index (κ3) is 5.06. The van der Waals surface area contributed by atoms with Crippen LogP contribution in [0.3, 0.4) is 0 Å². The number of aryl methyl sites for hydroxylation is 1. The first-order valence-electron chi connectivity index (χ1n) is 19.1.